The molecule has 2 rings (SSSR count). The molecule has 2 aromatic rings. The first-order valence-corrected chi connectivity index (χ1v) is 6.73. The fourth-order valence-corrected chi connectivity index (χ4v) is 3.13. The van der Waals surface area contributed by atoms with Crippen LogP contribution in [0.3, 0.4) is 0 Å². The summed E-state index contributed by atoms with van der Waals surface area (Å²) in [6.45, 7) is 0. The van der Waals surface area contributed by atoms with E-state index >= 15 is 0 Å². The van der Waals surface area contributed by atoms with E-state index in [2.05, 4.69) is 20.9 Å². The van der Waals surface area contributed by atoms with E-state index in [-0.39, 0.29) is 0 Å². The summed E-state index contributed by atoms with van der Waals surface area (Å²) in [5, 5.41) is 12.5. The van der Waals surface area contributed by atoms with Crippen molar-refractivity contribution in [2.24, 2.45) is 0 Å². The van der Waals surface area contributed by atoms with E-state index in [1.807, 2.05) is 11.4 Å². The highest BCUT2D eigenvalue weighted by Gasteiger charge is 2.14. The summed E-state index contributed by atoms with van der Waals surface area (Å²) in [5.41, 5.74) is 0.536. The molecule has 0 fully saturated rings. The molecule has 2 heterocycles. The molecule has 1 N–H and O–H groups in total. The van der Waals surface area contributed by atoms with Gasteiger partial charge in [0.25, 0.3) is 0 Å². The predicted octanol–water partition coefficient (Wildman–Crippen LogP) is 3.84. The molecule has 16 heavy (non-hydrogen) atoms. The zero-order valence-electron chi connectivity index (χ0n) is 8.23. The van der Waals surface area contributed by atoms with Gasteiger partial charge in [0.1, 0.15) is 6.10 Å². The maximum absolute atomic E-state index is 10.0. The summed E-state index contributed by atoms with van der Waals surface area (Å²) >= 11 is 10.9. The lowest BCUT2D eigenvalue weighted by atomic mass is 10.1. The normalized spacial score (nSPS) is 12.7. The van der Waals surface area contributed by atoms with Gasteiger partial charge in [-0.2, -0.15) is 0 Å². The smallest absolute Gasteiger partial charge is 0.102 e. The largest absolute Gasteiger partial charge is 0.386 e. The Balaban J connectivity index is 2.14. The molecule has 0 aromatic carbocycles. The molecule has 0 aliphatic carbocycles. The number of hydrogen-bond acceptors (Lipinski definition) is 3. The van der Waals surface area contributed by atoms with Crippen molar-refractivity contribution < 1.29 is 5.11 Å². The van der Waals surface area contributed by atoms with E-state index in [4.69, 9.17) is 11.6 Å². The van der Waals surface area contributed by atoms with E-state index in [1.54, 1.807) is 29.7 Å². The van der Waals surface area contributed by atoms with Gasteiger partial charge in [-0.3, -0.25) is 4.98 Å². The summed E-state index contributed by atoms with van der Waals surface area (Å²) in [6, 6.07) is 5.47. The molecule has 2 aromatic heterocycles. The van der Waals surface area contributed by atoms with Gasteiger partial charge < -0.3 is 5.11 Å². The molecule has 0 spiro atoms. The minimum atomic E-state index is -0.653. The minimum Gasteiger partial charge on any atom is -0.386 e. The Hall–Kier alpha value is -0.420. The Kier molecular flexibility index (Phi) is 3.97. The summed E-state index contributed by atoms with van der Waals surface area (Å²) in [7, 11) is 0. The summed E-state index contributed by atoms with van der Waals surface area (Å²) < 4.78 is 1.03. The Bertz CT molecular complexity index is 488. The SMILES string of the molecule is OC(Cc1cc(Br)cs1)c1ncccc1Cl. The van der Waals surface area contributed by atoms with Crippen molar-refractivity contribution in [1.29, 1.82) is 0 Å². The quantitative estimate of drug-likeness (QED) is 0.933. The monoisotopic (exact) mass is 317 g/mol. The fourth-order valence-electron chi connectivity index (χ4n) is 1.39. The fraction of sp³-hybridized carbons (Fsp3) is 0.182. The first kappa shape index (κ1) is 12.0. The number of halogens is 2. The number of hydrogen-bond donors (Lipinski definition) is 1. The van der Waals surface area contributed by atoms with Crippen LogP contribution in [0, 0.1) is 0 Å². The second-order valence-corrected chi connectivity index (χ2v) is 5.64. The van der Waals surface area contributed by atoms with Gasteiger partial charge in [-0.05, 0) is 34.1 Å². The Labute approximate surface area is 111 Å². The average molecular weight is 319 g/mol. The summed E-state index contributed by atoms with van der Waals surface area (Å²) in [5.74, 6) is 0. The second-order valence-electron chi connectivity index (χ2n) is 3.32. The highest BCUT2D eigenvalue weighted by atomic mass is 79.9. The molecule has 0 aliphatic heterocycles. The molecule has 0 saturated heterocycles. The van der Waals surface area contributed by atoms with Crippen LogP contribution in [0.15, 0.2) is 34.2 Å². The lowest BCUT2D eigenvalue weighted by molar-refractivity contribution is 0.174. The van der Waals surface area contributed by atoms with E-state index in [9.17, 15) is 5.11 Å². The number of aliphatic hydroxyl groups excluding tert-OH is 1. The van der Waals surface area contributed by atoms with Gasteiger partial charge in [-0.1, -0.05) is 11.6 Å². The highest BCUT2D eigenvalue weighted by molar-refractivity contribution is 9.10. The Morgan fingerprint density at radius 3 is 3.00 bits per heavy atom. The van der Waals surface area contributed by atoms with Crippen molar-refractivity contribution in [2.45, 2.75) is 12.5 Å². The zero-order valence-corrected chi connectivity index (χ0v) is 11.4. The van der Waals surface area contributed by atoms with Crippen LogP contribution in [0.4, 0.5) is 0 Å². The van der Waals surface area contributed by atoms with Crippen LogP contribution in [0.1, 0.15) is 16.7 Å². The van der Waals surface area contributed by atoms with Gasteiger partial charge in [-0.15, -0.1) is 11.3 Å². The molecule has 0 radical (unpaired) electrons. The Morgan fingerprint density at radius 2 is 2.38 bits per heavy atom. The van der Waals surface area contributed by atoms with Gasteiger partial charge in [-0.25, -0.2) is 0 Å². The molecule has 5 heteroatoms. The van der Waals surface area contributed by atoms with Gasteiger partial charge in [0.2, 0.25) is 0 Å². The molecule has 0 bridgehead atoms. The Morgan fingerprint density at radius 1 is 1.56 bits per heavy atom. The third-order valence-corrected chi connectivity index (χ3v) is 4.16. The molecule has 0 amide bonds. The number of rotatable bonds is 3. The van der Waals surface area contributed by atoms with Gasteiger partial charge in [0.15, 0.2) is 0 Å². The maximum Gasteiger partial charge on any atom is 0.102 e. The third-order valence-electron chi connectivity index (χ3n) is 2.12. The zero-order chi connectivity index (χ0) is 11.5. The lowest BCUT2D eigenvalue weighted by Crippen LogP contribution is -2.03. The summed E-state index contributed by atoms with van der Waals surface area (Å²) in [6.07, 6.45) is 1.51. The third kappa shape index (κ3) is 2.83. The van der Waals surface area contributed by atoms with E-state index in [0.29, 0.717) is 17.1 Å². The molecule has 1 atom stereocenters. The molecular formula is C11H9BrClNOS. The van der Waals surface area contributed by atoms with Crippen LogP contribution in [0.2, 0.25) is 5.02 Å². The first-order chi connectivity index (χ1) is 7.66. The molecule has 0 saturated carbocycles. The molecule has 84 valence electrons. The number of nitrogens with zero attached hydrogens (tertiary/aromatic N) is 1. The number of aromatic nitrogens is 1. The van der Waals surface area contributed by atoms with Crippen molar-refractivity contribution >= 4 is 38.9 Å². The van der Waals surface area contributed by atoms with Crippen molar-refractivity contribution in [3.05, 3.63) is 49.8 Å². The van der Waals surface area contributed by atoms with Crippen molar-refractivity contribution in [1.82, 2.24) is 4.98 Å². The van der Waals surface area contributed by atoms with Crippen molar-refractivity contribution in [3.63, 3.8) is 0 Å². The lowest BCUT2D eigenvalue weighted by Gasteiger charge is -2.09. The van der Waals surface area contributed by atoms with Crippen LogP contribution < -0.4 is 0 Å². The van der Waals surface area contributed by atoms with Crippen molar-refractivity contribution in [3.8, 4) is 0 Å². The van der Waals surface area contributed by atoms with Crippen LogP contribution in [0.5, 0.6) is 0 Å². The van der Waals surface area contributed by atoms with Crippen LogP contribution in [0.25, 0.3) is 0 Å². The predicted molar refractivity (Wildman–Crippen MR) is 69.9 cm³/mol. The van der Waals surface area contributed by atoms with Crippen LogP contribution in [-0.2, 0) is 6.42 Å². The second kappa shape index (κ2) is 5.27. The highest BCUT2D eigenvalue weighted by Crippen LogP contribution is 2.27. The van der Waals surface area contributed by atoms with Crippen molar-refractivity contribution in [2.75, 3.05) is 0 Å². The molecular weight excluding hydrogens is 310 g/mol. The number of aliphatic hydroxyl groups is 1. The summed E-state index contributed by atoms with van der Waals surface area (Å²) in [4.78, 5) is 5.19. The standard InChI is InChI=1S/C11H9BrClNOS/c12-7-4-8(16-6-7)5-10(15)11-9(13)2-1-3-14-11/h1-4,6,10,15H,5H2. The number of pyridine rings is 1. The molecule has 2 nitrogen and oxygen atoms in total. The van der Waals surface area contributed by atoms with Gasteiger partial charge in [0.05, 0.1) is 10.7 Å². The molecule has 0 aliphatic rings. The van der Waals surface area contributed by atoms with Gasteiger partial charge >= 0.3 is 0 Å². The number of thiophene rings is 1. The van der Waals surface area contributed by atoms with E-state index in [0.717, 1.165) is 9.35 Å². The van der Waals surface area contributed by atoms with E-state index in [1.165, 1.54) is 0 Å². The van der Waals surface area contributed by atoms with Gasteiger partial charge in [0, 0.05) is 27.3 Å². The molecule has 1 unspecified atom stereocenters. The first-order valence-electron chi connectivity index (χ1n) is 4.68. The van der Waals surface area contributed by atoms with E-state index < -0.39 is 6.10 Å². The minimum absolute atomic E-state index is 0.505. The topological polar surface area (TPSA) is 33.1 Å². The average Bonchev–Trinajstić information content (AvgIpc) is 2.64. The van der Waals surface area contributed by atoms with Crippen LogP contribution in [-0.4, -0.2) is 10.1 Å². The maximum atomic E-state index is 10.0. The van der Waals surface area contributed by atoms with Crippen LogP contribution >= 0.6 is 38.9 Å².